The Hall–Kier alpha value is -8.26. The highest BCUT2D eigenvalue weighted by Crippen LogP contribution is 2.15. The predicted octanol–water partition coefficient (Wildman–Crippen LogP) is -2.18. The van der Waals surface area contributed by atoms with Crippen molar-refractivity contribution in [3.05, 3.63) is 71.8 Å². The molecule has 0 saturated heterocycles. The predicted molar refractivity (Wildman–Crippen MR) is 371 cm³/mol. The first-order chi connectivity index (χ1) is 46.3. The molecule has 0 unspecified atom stereocenters. The molecule has 0 aliphatic heterocycles. The van der Waals surface area contributed by atoms with Crippen molar-refractivity contribution < 1.29 is 72.5 Å². The van der Waals surface area contributed by atoms with E-state index in [0.29, 0.717) is 37.0 Å². The second-order valence-electron chi connectivity index (χ2n) is 25.5. The summed E-state index contributed by atoms with van der Waals surface area (Å²) in [6.07, 6.45) is 4.03. The van der Waals surface area contributed by atoms with E-state index in [4.69, 9.17) is 17.2 Å². The summed E-state index contributed by atoms with van der Waals surface area (Å²) in [5.41, 5.74) is 19.0. The zero-order chi connectivity index (χ0) is 73.8. The molecule has 0 heterocycles. The Labute approximate surface area is 579 Å². The summed E-state index contributed by atoms with van der Waals surface area (Å²) >= 11 is 1.33. The number of aliphatic hydroxyl groups excluding tert-OH is 2. The van der Waals surface area contributed by atoms with Gasteiger partial charge < -0.3 is 91.2 Å². The second kappa shape index (κ2) is 45.3. The molecule has 0 spiro atoms. The van der Waals surface area contributed by atoms with Crippen LogP contribution in [0.2, 0.25) is 0 Å². The Bertz CT molecular complexity index is 2910. The molecular formula is C67H109N15O15S. The van der Waals surface area contributed by atoms with Gasteiger partial charge in [0.25, 0.3) is 0 Å². The Morgan fingerprint density at radius 1 is 0.439 bits per heavy atom. The lowest BCUT2D eigenvalue weighted by molar-refractivity contribution is -0.136. The standard InChI is InChI=1S/C67H109N15O15S/c1-12-39(7)54(81-58(88)42(10)72-64(94)51(35-83)80-67(97)55(40(8)13-2)82-59(89)45(69)32-43-22-16-14-17-23-43)66(96)73-41(9)57(87)79-52(36-84)65(95)75-47(27-29-98-11)62(92)77-49(31-38(5)6)60(90)71-34-53(85)74-46(26-20-21-28-68)61(91)78-50(33-44-24-18-15-19-25-44)63(93)76-48(56(70)86)30-37(3)4/h14-19,22-25,37-42,45-52,54-55,83-84H,12-13,20-21,26-36,68-69H2,1-11H3,(H2,70,86)(H,71,90)(H,72,94)(H,73,96)(H,74,85)(H,75,95)(H,76,93)(H,77,92)(H,78,91)(H,79,87)(H,80,97)(H,81,88)(H,82,89)/t39-,40-,41-,42-,45-,46-,47-,48-,49-,50-,51-,52-,54-,55-/m0/s1. The molecule has 14 atom stereocenters. The van der Waals surface area contributed by atoms with Crippen LogP contribution in [0.5, 0.6) is 0 Å². The number of primary amides is 1. The number of aliphatic hydroxyl groups is 2. The molecule has 2 rings (SSSR count). The van der Waals surface area contributed by atoms with Gasteiger partial charge in [0.05, 0.1) is 25.8 Å². The summed E-state index contributed by atoms with van der Waals surface area (Å²) in [6.45, 7) is 14.5. The van der Waals surface area contributed by atoms with Crippen LogP contribution in [0.15, 0.2) is 60.7 Å². The van der Waals surface area contributed by atoms with Gasteiger partial charge in [-0.05, 0) is 112 Å². The van der Waals surface area contributed by atoms with E-state index in [2.05, 4.69) is 63.8 Å². The van der Waals surface area contributed by atoms with Gasteiger partial charge in [0.2, 0.25) is 76.8 Å². The van der Waals surface area contributed by atoms with Crippen molar-refractivity contribution in [2.24, 2.45) is 40.9 Å². The number of hydrogen-bond acceptors (Lipinski definition) is 18. The fourth-order valence-corrected chi connectivity index (χ4v) is 10.4. The van der Waals surface area contributed by atoms with Crippen LogP contribution in [-0.2, 0) is 75.2 Å². The minimum atomic E-state index is -1.68. The molecule has 31 heteroatoms. The van der Waals surface area contributed by atoms with Crippen LogP contribution in [0.4, 0.5) is 0 Å². The minimum absolute atomic E-state index is 0.00798. The van der Waals surface area contributed by atoms with Crippen LogP contribution in [0.25, 0.3) is 0 Å². The molecule has 13 amide bonds. The molecule has 0 radical (unpaired) electrons. The fraction of sp³-hybridized carbons (Fsp3) is 0.627. The quantitative estimate of drug-likeness (QED) is 0.0314. The smallest absolute Gasteiger partial charge is 0.245 e. The number of nitrogens with one attached hydrogen (secondary N) is 12. The van der Waals surface area contributed by atoms with Crippen LogP contribution in [0.1, 0.15) is 132 Å². The monoisotopic (exact) mass is 1400 g/mol. The first kappa shape index (κ1) is 85.8. The first-order valence-corrected chi connectivity index (χ1v) is 34.9. The lowest BCUT2D eigenvalue weighted by atomic mass is 9.97. The van der Waals surface area contributed by atoms with Gasteiger partial charge in [0, 0.05) is 6.42 Å². The number of rotatable bonds is 46. The van der Waals surface area contributed by atoms with Crippen LogP contribution in [-0.4, -0.2) is 198 Å². The third-order valence-corrected chi connectivity index (χ3v) is 16.9. The SMILES string of the molecule is CC[C@H](C)[C@H](NC(=O)[C@H](C)NC(=O)[C@H](CO)NC(=O)[C@@H](NC(=O)[C@@H](N)Cc1ccccc1)[C@@H](C)CC)C(=O)N[C@@H](C)C(=O)N[C@@H](CO)C(=O)N[C@@H](CCSC)C(=O)N[C@@H](CC(C)C)C(=O)NCC(=O)N[C@@H](CCCCN)C(=O)N[C@@H](Cc1ccccc1)C(=O)N[C@@H](CC(C)C)C(N)=O. The number of hydrogen-bond donors (Lipinski definition) is 17. The van der Waals surface area contributed by atoms with E-state index >= 15 is 0 Å². The summed E-state index contributed by atoms with van der Waals surface area (Å²) in [6, 6.07) is 2.34. The van der Waals surface area contributed by atoms with Gasteiger partial charge in [-0.15, -0.1) is 0 Å². The van der Waals surface area contributed by atoms with Crippen LogP contribution in [0.3, 0.4) is 0 Å². The van der Waals surface area contributed by atoms with Crippen molar-refractivity contribution in [3.63, 3.8) is 0 Å². The molecule has 0 aliphatic carbocycles. The largest absolute Gasteiger partial charge is 0.394 e. The lowest BCUT2D eigenvalue weighted by Crippen LogP contribution is -2.61. The number of amides is 13. The molecule has 2 aromatic rings. The van der Waals surface area contributed by atoms with Crippen molar-refractivity contribution in [2.75, 3.05) is 38.3 Å². The number of benzene rings is 2. The first-order valence-electron chi connectivity index (χ1n) is 33.5. The molecule has 2 aromatic carbocycles. The van der Waals surface area contributed by atoms with Crippen molar-refractivity contribution in [1.82, 2.24) is 63.8 Å². The minimum Gasteiger partial charge on any atom is -0.394 e. The average Bonchev–Trinajstić information content (AvgIpc) is 0.880. The van der Waals surface area contributed by atoms with Crippen LogP contribution in [0, 0.1) is 23.7 Å². The van der Waals surface area contributed by atoms with E-state index in [-0.39, 0.29) is 56.9 Å². The number of carbonyl (C=O) groups excluding carboxylic acids is 13. The summed E-state index contributed by atoms with van der Waals surface area (Å²) in [4.78, 5) is 177. The Morgan fingerprint density at radius 3 is 1.33 bits per heavy atom. The number of nitrogens with two attached hydrogens (primary N) is 3. The highest BCUT2D eigenvalue weighted by molar-refractivity contribution is 7.98. The van der Waals surface area contributed by atoms with Gasteiger partial charge in [0.1, 0.15) is 66.5 Å². The highest BCUT2D eigenvalue weighted by Gasteiger charge is 2.37. The number of carbonyl (C=O) groups is 13. The molecule has 548 valence electrons. The Balaban J connectivity index is 2.17. The van der Waals surface area contributed by atoms with E-state index in [1.54, 1.807) is 102 Å². The van der Waals surface area contributed by atoms with Crippen LogP contribution < -0.4 is 81.0 Å². The normalized spacial score (nSPS) is 15.5. The summed E-state index contributed by atoms with van der Waals surface area (Å²) in [7, 11) is 0. The van der Waals surface area contributed by atoms with Gasteiger partial charge in [-0.25, -0.2) is 0 Å². The zero-order valence-electron chi connectivity index (χ0n) is 58.5. The molecule has 20 N–H and O–H groups in total. The van der Waals surface area contributed by atoms with Crippen molar-refractivity contribution in [3.8, 4) is 0 Å². The molecule has 30 nitrogen and oxygen atoms in total. The molecule has 0 fully saturated rings. The maximum Gasteiger partial charge on any atom is 0.245 e. The Kier molecular flexibility index (Phi) is 39.7. The van der Waals surface area contributed by atoms with Gasteiger partial charge in [-0.1, -0.05) is 129 Å². The molecule has 0 aromatic heterocycles. The third-order valence-electron chi connectivity index (χ3n) is 16.2. The van der Waals surface area contributed by atoms with E-state index in [1.165, 1.54) is 25.6 Å². The van der Waals surface area contributed by atoms with Gasteiger partial charge in [-0.2, -0.15) is 11.8 Å². The van der Waals surface area contributed by atoms with Gasteiger partial charge in [-0.3, -0.25) is 62.3 Å². The van der Waals surface area contributed by atoms with Gasteiger partial charge >= 0.3 is 0 Å². The summed E-state index contributed by atoms with van der Waals surface area (Å²) in [5.74, 6) is -11.5. The van der Waals surface area contributed by atoms with Crippen LogP contribution >= 0.6 is 11.8 Å². The molecule has 0 saturated carbocycles. The molecular weight excluding hydrogens is 1290 g/mol. The highest BCUT2D eigenvalue weighted by atomic mass is 32.2. The number of unbranched alkanes of at least 4 members (excludes halogenated alkanes) is 1. The van der Waals surface area contributed by atoms with E-state index in [0.717, 1.165) is 5.56 Å². The molecule has 98 heavy (non-hydrogen) atoms. The Morgan fingerprint density at radius 2 is 0.837 bits per heavy atom. The number of thioether (sulfide) groups is 1. The maximum absolute atomic E-state index is 14.1. The van der Waals surface area contributed by atoms with Crippen molar-refractivity contribution in [1.29, 1.82) is 0 Å². The topological polar surface area (TPSA) is 485 Å². The summed E-state index contributed by atoms with van der Waals surface area (Å²) < 4.78 is 0. The fourth-order valence-electron chi connectivity index (χ4n) is 9.97. The average molecular weight is 1400 g/mol. The zero-order valence-corrected chi connectivity index (χ0v) is 59.3. The second-order valence-corrected chi connectivity index (χ2v) is 26.5. The van der Waals surface area contributed by atoms with Gasteiger partial charge in [0.15, 0.2) is 0 Å². The molecule has 0 bridgehead atoms. The van der Waals surface area contributed by atoms with E-state index in [1.807, 2.05) is 19.9 Å². The third kappa shape index (κ3) is 31.1. The van der Waals surface area contributed by atoms with Crippen molar-refractivity contribution >= 4 is 88.6 Å². The van der Waals surface area contributed by atoms with Crippen molar-refractivity contribution in [2.45, 2.75) is 206 Å². The van der Waals surface area contributed by atoms with E-state index in [9.17, 15) is 72.5 Å². The lowest BCUT2D eigenvalue weighted by Gasteiger charge is -2.28. The van der Waals surface area contributed by atoms with E-state index < -0.39 is 181 Å². The maximum atomic E-state index is 14.1. The molecule has 0 aliphatic rings. The summed E-state index contributed by atoms with van der Waals surface area (Å²) in [5, 5.41) is 51.3.